The van der Waals surface area contributed by atoms with E-state index in [0.29, 0.717) is 12.5 Å². The summed E-state index contributed by atoms with van der Waals surface area (Å²) < 4.78 is 40.8. The molecule has 1 atom stereocenters. The molecule has 1 fully saturated rings. The quantitative estimate of drug-likeness (QED) is 0.718. The van der Waals surface area contributed by atoms with Crippen LogP contribution < -0.4 is 0 Å². The molecule has 0 aromatic heterocycles. The largest absolute Gasteiger partial charge is 0.411 e. The van der Waals surface area contributed by atoms with Crippen LogP contribution in [0.15, 0.2) is 0 Å². The van der Waals surface area contributed by atoms with Crippen molar-refractivity contribution in [2.24, 2.45) is 5.92 Å². The van der Waals surface area contributed by atoms with Crippen molar-refractivity contribution in [1.82, 2.24) is 4.90 Å². The SMILES string of the molecule is CC(C)CCN(C(=O)C(C)OCC(F)(F)F)C1CC1. The van der Waals surface area contributed by atoms with Crippen LogP contribution in [-0.2, 0) is 9.53 Å². The van der Waals surface area contributed by atoms with E-state index in [2.05, 4.69) is 18.6 Å². The first-order valence-corrected chi connectivity index (χ1v) is 6.69. The molecule has 0 aliphatic heterocycles. The number of carbonyl (C=O) groups is 1. The van der Waals surface area contributed by atoms with Crippen molar-refractivity contribution in [1.29, 1.82) is 0 Å². The van der Waals surface area contributed by atoms with Crippen molar-refractivity contribution in [2.45, 2.75) is 58.4 Å². The van der Waals surface area contributed by atoms with Crippen LogP contribution in [0.2, 0.25) is 0 Å². The van der Waals surface area contributed by atoms with Gasteiger partial charge in [-0.15, -0.1) is 0 Å². The molecule has 0 bridgehead atoms. The molecule has 0 N–H and O–H groups in total. The van der Waals surface area contributed by atoms with Gasteiger partial charge in [0.1, 0.15) is 12.7 Å². The zero-order valence-electron chi connectivity index (χ0n) is 11.7. The van der Waals surface area contributed by atoms with Gasteiger partial charge in [-0.1, -0.05) is 13.8 Å². The van der Waals surface area contributed by atoms with Gasteiger partial charge in [-0.05, 0) is 32.1 Å². The zero-order chi connectivity index (χ0) is 14.6. The number of ether oxygens (including phenoxy) is 1. The number of amides is 1. The third-order valence-corrected chi connectivity index (χ3v) is 3.06. The molecule has 0 aromatic carbocycles. The molecule has 1 saturated carbocycles. The van der Waals surface area contributed by atoms with E-state index in [-0.39, 0.29) is 11.9 Å². The summed E-state index contributed by atoms with van der Waals surface area (Å²) in [6.45, 7) is 4.72. The molecule has 0 spiro atoms. The van der Waals surface area contributed by atoms with Crippen molar-refractivity contribution in [3.8, 4) is 0 Å². The second-order valence-electron chi connectivity index (χ2n) is 5.51. The lowest BCUT2D eigenvalue weighted by Crippen LogP contribution is -2.42. The fourth-order valence-corrected chi connectivity index (χ4v) is 1.78. The van der Waals surface area contributed by atoms with Crippen molar-refractivity contribution in [2.75, 3.05) is 13.2 Å². The van der Waals surface area contributed by atoms with Gasteiger partial charge in [-0.3, -0.25) is 4.79 Å². The van der Waals surface area contributed by atoms with Crippen molar-refractivity contribution in [3.05, 3.63) is 0 Å². The minimum absolute atomic E-state index is 0.197. The molecular weight excluding hydrogens is 259 g/mol. The van der Waals surface area contributed by atoms with E-state index in [1.54, 1.807) is 4.90 Å². The maximum atomic E-state index is 12.1. The zero-order valence-corrected chi connectivity index (χ0v) is 11.7. The highest BCUT2D eigenvalue weighted by Crippen LogP contribution is 2.28. The first kappa shape index (κ1) is 16.3. The van der Waals surface area contributed by atoms with Crippen molar-refractivity contribution < 1.29 is 22.7 Å². The van der Waals surface area contributed by atoms with E-state index in [1.165, 1.54) is 6.92 Å². The number of halogens is 3. The lowest BCUT2D eigenvalue weighted by atomic mass is 10.1. The Kier molecular flexibility index (Phi) is 5.64. The summed E-state index contributed by atoms with van der Waals surface area (Å²) in [6, 6.07) is 0.197. The Balaban J connectivity index is 2.46. The molecule has 0 heterocycles. The lowest BCUT2D eigenvalue weighted by Gasteiger charge is -2.26. The summed E-state index contributed by atoms with van der Waals surface area (Å²) >= 11 is 0. The molecule has 1 rings (SSSR count). The maximum absolute atomic E-state index is 12.1. The van der Waals surface area contributed by atoms with Gasteiger partial charge < -0.3 is 9.64 Å². The molecule has 19 heavy (non-hydrogen) atoms. The van der Waals surface area contributed by atoms with Crippen LogP contribution in [0, 0.1) is 5.92 Å². The second-order valence-corrected chi connectivity index (χ2v) is 5.51. The van der Waals surface area contributed by atoms with Gasteiger partial charge >= 0.3 is 6.18 Å². The van der Waals surface area contributed by atoms with E-state index in [1.807, 2.05) is 0 Å². The summed E-state index contributed by atoms with van der Waals surface area (Å²) in [5, 5.41) is 0. The Labute approximate surface area is 112 Å². The second kappa shape index (κ2) is 6.59. The van der Waals surface area contributed by atoms with Gasteiger partial charge in [0, 0.05) is 12.6 Å². The monoisotopic (exact) mass is 281 g/mol. The fourth-order valence-electron chi connectivity index (χ4n) is 1.78. The number of alkyl halides is 3. The highest BCUT2D eigenvalue weighted by molar-refractivity contribution is 5.81. The minimum Gasteiger partial charge on any atom is -0.359 e. The molecule has 3 nitrogen and oxygen atoms in total. The number of hydrogen-bond donors (Lipinski definition) is 0. The van der Waals surface area contributed by atoms with E-state index >= 15 is 0 Å². The van der Waals surface area contributed by atoms with Gasteiger partial charge in [0.25, 0.3) is 5.91 Å². The van der Waals surface area contributed by atoms with Gasteiger partial charge in [0.2, 0.25) is 0 Å². The Hall–Kier alpha value is -0.780. The fraction of sp³-hybridized carbons (Fsp3) is 0.923. The van der Waals surface area contributed by atoms with Crippen LogP contribution >= 0.6 is 0 Å². The Bertz CT molecular complexity index is 301. The van der Waals surface area contributed by atoms with E-state index in [4.69, 9.17) is 0 Å². The highest BCUT2D eigenvalue weighted by Gasteiger charge is 2.36. The summed E-state index contributed by atoms with van der Waals surface area (Å²) in [7, 11) is 0. The van der Waals surface area contributed by atoms with E-state index < -0.39 is 18.9 Å². The summed E-state index contributed by atoms with van der Waals surface area (Å²) in [4.78, 5) is 13.8. The van der Waals surface area contributed by atoms with Gasteiger partial charge in [-0.25, -0.2) is 0 Å². The molecule has 1 unspecified atom stereocenters. The molecule has 1 amide bonds. The third-order valence-electron chi connectivity index (χ3n) is 3.06. The summed E-state index contributed by atoms with van der Waals surface area (Å²) in [6.07, 6.45) is -2.69. The molecular formula is C13H22F3NO2. The smallest absolute Gasteiger partial charge is 0.359 e. The van der Waals surface area contributed by atoms with Crippen LogP contribution in [0.25, 0.3) is 0 Å². The first-order chi connectivity index (χ1) is 8.70. The summed E-state index contributed by atoms with van der Waals surface area (Å²) in [5.74, 6) is 0.132. The Morgan fingerprint density at radius 2 is 1.89 bits per heavy atom. The standard InChI is InChI=1S/C13H22F3NO2/c1-9(2)6-7-17(11-4-5-11)12(18)10(3)19-8-13(14,15)16/h9-11H,4-8H2,1-3H3. The molecule has 0 saturated heterocycles. The molecule has 112 valence electrons. The molecule has 6 heteroatoms. The molecule has 1 aliphatic carbocycles. The Morgan fingerprint density at radius 1 is 1.32 bits per heavy atom. The Morgan fingerprint density at radius 3 is 2.32 bits per heavy atom. The average Bonchev–Trinajstić information content (AvgIpc) is 3.08. The lowest BCUT2D eigenvalue weighted by molar-refractivity contribution is -0.188. The van der Waals surface area contributed by atoms with Crippen molar-refractivity contribution >= 4 is 5.91 Å². The van der Waals surface area contributed by atoms with Crippen molar-refractivity contribution in [3.63, 3.8) is 0 Å². The molecule has 1 aliphatic rings. The first-order valence-electron chi connectivity index (χ1n) is 6.69. The number of hydrogen-bond acceptors (Lipinski definition) is 2. The average molecular weight is 281 g/mol. The van der Waals surface area contributed by atoms with E-state index in [0.717, 1.165) is 19.3 Å². The summed E-state index contributed by atoms with van der Waals surface area (Å²) in [5.41, 5.74) is 0. The minimum atomic E-state index is -4.39. The number of carbonyl (C=O) groups excluding carboxylic acids is 1. The molecule has 0 aromatic rings. The predicted molar refractivity (Wildman–Crippen MR) is 65.7 cm³/mol. The number of rotatable bonds is 7. The van der Waals surface area contributed by atoms with Crippen LogP contribution in [0.4, 0.5) is 13.2 Å². The topological polar surface area (TPSA) is 29.5 Å². The normalized spacial score (nSPS) is 17.6. The van der Waals surface area contributed by atoms with Crippen LogP contribution in [-0.4, -0.2) is 42.3 Å². The van der Waals surface area contributed by atoms with Crippen LogP contribution in [0.3, 0.4) is 0 Å². The maximum Gasteiger partial charge on any atom is 0.411 e. The number of nitrogens with zero attached hydrogens (tertiary/aromatic N) is 1. The van der Waals surface area contributed by atoms with Gasteiger partial charge in [0.15, 0.2) is 0 Å². The third kappa shape index (κ3) is 6.27. The van der Waals surface area contributed by atoms with Crippen LogP contribution in [0.5, 0.6) is 0 Å². The van der Waals surface area contributed by atoms with Gasteiger partial charge in [-0.2, -0.15) is 13.2 Å². The molecule has 0 radical (unpaired) electrons. The van der Waals surface area contributed by atoms with E-state index in [9.17, 15) is 18.0 Å². The van der Waals surface area contributed by atoms with Gasteiger partial charge in [0.05, 0.1) is 0 Å². The highest BCUT2D eigenvalue weighted by atomic mass is 19.4. The van der Waals surface area contributed by atoms with Crippen LogP contribution in [0.1, 0.15) is 40.0 Å². The predicted octanol–water partition coefficient (Wildman–Crippen LogP) is 2.99.